The van der Waals surface area contributed by atoms with E-state index in [0.717, 1.165) is 11.1 Å². The van der Waals surface area contributed by atoms with Crippen molar-refractivity contribution in [1.82, 2.24) is 0 Å². The van der Waals surface area contributed by atoms with E-state index in [1.165, 1.54) is 6.21 Å². The minimum absolute atomic E-state index is 0.0203. The Kier molecular flexibility index (Phi) is 3.96. The summed E-state index contributed by atoms with van der Waals surface area (Å²) in [6, 6.07) is 0. The number of nitrogens with one attached hydrogen (secondary N) is 1. The number of aliphatic hydroxyl groups excluding tert-OH is 1. The Morgan fingerprint density at radius 1 is 1.60 bits per heavy atom. The summed E-state index contributed by atoms with van der Waals surface area (Å²) in [7, 11) is 0. The standard InChI is InChI=1S/C8H15NO/c1-6(2)7(3)8(4-9)5-10/h4,6,9-10H,5H2,1-3H3/b8-7-,9-4?. The molecule has 0 heterocycles. The average Bonchev–Trinajstić information content (AvgIpc) is 1.90. The third kappa shape index (κ3) is 2.31. The van der Waals surface area contributed by atoms with E-state index in [1.807, 2.05) is 6.92 Å². The summed E-state index contributed by atoms with van der Waals surface area (Å²) in [4.78, 5) is 0. The number of rotatable bonds is 3. The van der Waals surface area contributed by atoms with Gasteiger partial charge in [0, 0.05) is 6.21 Å². The summed E-state index contributed by atoms with van der Waals surface area (Å²) in [6.45, 7) is 6.03. The molecular weight excluding hydrogens is 126 g/mol. The molecule has 0 aliphatic rings. The lowest BCUT2D eigenvalue weighted by molar-refractivity contribution is 0.335. The molecule has 2 N–H and O–H groups in total. The van der Waals surface area contributed by atoms with Gasteiger partial charge in [0.2, 0.25) is 0 Å². The lowest BCUT2D eigenvalue weighted by atomic mass is 10.0. The van der Waals surface area contributed by atoms with Gasteiger partial charge in [-0.1, -0.05) is 19.4 Å². The summed E-state index contributed by atoms with van der Waals surface area (Å²) in [5, 5.41) is 15.7. The van der Waals surface area contributed by atoms with Crippen LogP contribution in [0.25, 0.3) is 0 Å². The zero-order valence-electron chi connectivity index (χ0n) is 6.81. The molecule has 2 nitrogen and oxygen atoms in total. The van der Waals surface area contributed by atoms with Crippen LogP contribution in [-0.2, 0) is 0 Å². The Bertz CT molecular complexity index is 147. The lowest BCUT2D eigenvalue weighted by Gasteiger charge is -2.07. The van der Waals surface area contributed by atoms with Crippen molar-refractivity contribution >= 4 is 6.21 Å². The molecule has 0 radical (unpaired) electrons. The topological polar surface area (TPSA) is 44.1 Å². The third-order valence-corrected chi connectivity index (χ3v) is 1.72. The molecule has 0 saturated heterocycles. The first kappa shape index (κ1) is 9.37. The van der Waals surface area contributed by atoms with Crippen molar-refractivity contribution in [2.45, 2.75) is 20.8 Å². The zero-order valence-corrected chi connectivity index (χ0v) is 6.81. The second-order valence-electron chi connectivity index (χ2n) is 2.67. The molecule has 0 saturated carbocycles. The summed E-state index contributed by atoms with van der Waals surface area (Å²) in [6.07, 6.45) is 1.22. The highest BCUT2D eigenvalue weighted by Crippen LogP contribution is 2.11. The van der Waals surface area contributed by atoms with Gasteiger partial charge in [-0.05, 0) is 18.4 Å². The van der Waals surface area contributed by atoms with E-state index in [4.69, 9.17) is 10.5 Å². The Balaban J connectivity index is 4.42. The normalized spacial score (nSPS) is 13.3. The summed E-state index contributed by atoms with van der Waals surface area (Å²) in [5.41, 5.74) is 1.83. The van der Waals surface area contributed by atoms with Gasteiger partial charge in [0.05, 0.1) is 6.61 Å². The quantitative estimate of drug-likeness (QED) is 0.576. The first-order valence-corrected chi connectivity index (χ1v) is 3.44. The molecule has 0 atom stereocenters. The Morgan fingerprint density at radius 2 is 2.10 bits per heavy atom. The van der Waals surface area contributed by atoms with Crippen LogP contribution in [0, 0.1) is 11.3 Å². The molecule has 0 bridgehead atoms. The predicted molar refractivity (Wildman–Crippen MR) is 43.4 cm³/mol. The van der Waals surface area contributed by atoms with E-state index in [2.05, 4.69) is 13.8 Å². The van der Waals surface area contributed by atoms with E-state index < -0.39 is 0 Å². The van der Waals surface area contributed by atoms with Crippen molar-refractivity contribution in [3.8, 4) is 0 Å². The van der Waals surface area contributed by atoms with Gasteiger partial charge >= 0.3 is 0 Å². The second kappa shape index (κ2) is 4.23. The smallest absolute Gasteiger partial charge is 0.0696 e. The molecule has 0 amide bonds. The van der Waals surface area contributed by atoms with Gasteiger partial charge < -0.3 is 10.5 Å². The Labute approximate surface area is 62.1 Å². The van der Waals surface area contributed by atoms with Crippen LogP contribution in [0.5, 0.6) is 0 Å². The molecule has 0 aromatic heterocycles. The van der Waals surface area contributed by atoms with Crippen molar-refractivity contribution in [3.63, 3.8) is 0 Å². The van der Waals surface area contributed by atoms with Gasteiger partial charge in [-0.15, -0.1) is 0 Å². The van der Waals surface area contributed by atoms with Crippen molar-refractivity contribution < 1.29 is 5.11 Å². The molecule has 2 heteroatoms. The maximum Gasteiger partial charge on any atom is 0.0696 e. The van der Waals surface area contributed by atoms with Crippen LogP contribution in [0.1, 0.15) is 20.8 Å². The van der Waals surface area contributed by atoms with Gasteiger partial charge in [-0.2, -0.15) is 0 Å². The molecule has 0 spiro atoms. The van der Waals surface area contributed by atoms with E-state index in [0.29, 0.717) is 5.92 Å². The third-order valence-electron chi connectivity index (χ3n) is 1.72. The number of hydrogen-bond acceptors (Lipinski definition) is 2. The van der Waals surface area contributed by atoms with Gasteiger partial charge in [-0.25, -0.2) is 0 Å². The van der Waals surface area contributed by atoms with Crippen LogP contribution in [0.2, 0.25) is 0 Å². The van der Waals surface area contributed by atoms with E-state index in [9.17, 15) is 0 Å². The minimum atomic E-state index is -0.0203. The molecule has 10 heavy (non-hydrogen) atoms. The first-order chi connectivity index (χ1) is 4.63. The Hall–Kier alpha value is -0.630. The average molecular weight is 141 g/mol. The highest BCUT2D eigenvalue weighted by molar-refractivity contribution is 5.77. The fraction of sp³-hybridized carbons (Fsp3) is 0.625. The maximum atomic E-state index is 8.74. The monoisotopic (exact) mass is 141 g/mol. The van der Waals surface area contributed by atoms with E-state index in [1.54, 1.807) is 0 Å². The summed E-state index contributed by atoms with van der Waals surface area (Å²) >= 11 is 0. The first-order valence-electron chi connectivity index (χ1n) is 3.44. The van der Waals surface area contributed by atoms with Crippen molar-refractivity contribution in [1.29, 1.82) is 5.41 Å². The minimum Gasteiger partial charge on any atom is -0.392 e. The van der Waals surface area contributed by atoms with E-state index >= 15 is 0 Å². The summed E-state index contributed by atoms with van der Waals surface area (Å²) < 4.78 is 0. The zero-order chi connectivity index (χ0) is 8.15. The van der Waals surface area contributed by atoms with Gasteiger partial charge in [0.15, 0.2) is 0 Å². The fourth-order valence-corrected chi connectivity index (χ4v) is 0.655. The van der Waals surface area contributed by atoms with Crippen LogP contribution in [-0.4, -0.2) is 17.9 Å². The van der Waals surface area contributed by atoms with E-state index in [-0.39, 0.29) is 6.61 Å². The van der Waals surface area contributed by atoms with Gasteiger partial charge in [-0.3, -0.25) is 0 Å². The van der Waals surface area contributed by atoms with Crippen LogP contribution >= 0.6 is 0 Å². The molecule has 0 aliphatic carbocycles. The van der Waals surface area contributed by atoms with Crippen LogP contribution in [0.3, 0.4) is 0 Å². The molecule has 0 aromatic carbocycles. The SMILES string of the molecule is C/C(=C(\C=N)CO)C(C)C. The van der Waals surface area contributed by atoms with Crippen molar-refractivity contribution in [2.75, 3.05) is 6.61 Å². The maximum absolute atomic E-state index is 8.74. The lowest BCUT2D eigenvalue weighted by Crippen LogP contribution is -2.00. The van der Waals surface area contributed by atoms with Gasteiger partial charge in [0.25, 0.3) is 0 Å². The van der Waals surface area contributed by atoms with Crippen LogP contribution in [0.15, 0.2) is 11.1 Å². The molecule has 0 aromatic rings. The molecule has 0 unspecified atom stereocenters. The fourth-order valence-electron chi connectivity index (χ4n) is 0.655. The molecule has 58 valence electrons. The highest BCUT2D eigenvalue weighted by atomic mass is 16.3. The Morgan fingerprint density at radius 3 is 2.20 bits per heavy atom. The predicted octanol–water partition coefficient (Wildman–Crippen LogP) is 1.60. The van der Waals surface area contributed by atoms with Crippen LogP contribution < -0.4 is 0 Å². The second-order valence-corrected chi connectivity index (χ2v) is 2.67. The molecular formula is C8H15NO. The summed E-state index contributed by atoms with van der Waals surface area (Å²) in [5.74, 6) is 0.420. The number of aliphatic hydroxyl groups is 1. The number of allylic oxidation sites excluding steroid dienone is 1. The van der Waals surface area contributed by atoms with Crippen molar-refractivity contribution in [3.05, 3.63) is 11.1 Å². The van der Waals surface area contributed by atoms with Crippen LogP contribution in [0.4, 0.5) is 0 Å². The highest BCUT2D eigenvalue weighted by Gasteiger charge is 2.01. The van der Waals surface area contributed by atoms with Crippen molar-refractivity contribution in [2.24, 2.45) is 5.92 Å². The van der Waals surface area contributed by atoms with Gasteiger partial charge in [0.1, 0.15) is 0 Å². The largest absolute Gasteiger partial charge is 0.392 e. The number of hydrogen-bond donors (Lipinski definition) is 2. The molecule has 0 rings (SSSR count). The molecule has 0 aliphatic heterocycles. The molecule has 0 fully saturated rings.